The molecule has 0 saturated carbocycles. The molecule has 0 radical (unpaired) electrons. The molecule has 4 heteroatoms. The van der Waals surface area contributed by atoms with Crippen LogP contribution in [-0.4, -0.2) is 19.1 Å². The third kappa shape index (κ3) is 3.38. The van der Waals surface area contributed by atoms with E-state index >= 15 is 0 Å². The molecule has 0 spiro atoms. The highest BCUT2D eigenvalue weighted by molar-refractivity contribution is 9.10. The molecule has 0 saturated heterocycles. The Kier molecular flexibility index (Phi) is 5.15. The van der Waals surface area contributed by atoms with Gasteiger partial charge in [-0.25, -0.2) is 0 Å². The number of hydrogen-bond acceptors (Lipinski definition) is 3. The molecule has 106 valence electrons. The first-order valence-corrected chi connectivity index (χ1v) is 7.36. The summed E-state index contributed by atoms with van der Waals surface area (Å²) in [6.07, 6.45) is 2.65. The third-order valence-corrected chi connectivity index (χ3v) is 4.00. The molecule has 0 amide bonds. The zero-order valence-electron chi connectivity index (χ0n) is 12.0. The van der Waals surface area contributed by atoms with E-state index in [-0.39, 0.29) is 6.04 Å². The molecule has 0 aliphatic rings. The number of methoxy groups -OCH3 is 1. The summed E-state index contributed by atoms with van der Waals surface area (Å²) < 4.78 is 6.47. The van der Waals surface area contributed by atoms with Gasteiger partial charge in [-0.1, -0.05) is 17.7 Å². The van der Waals surface area contributed by atoms with Gasteiger partial charge in [-0.3, -0.25) is 4.98 Å². The van der Waals surface area contributed by atoms with E-state index in [1.807, 2.05) is 31.4 Å². The van der Waals surface area contributed by atoms with Gasteiger partial charge in [0.05, 0.1) is 18.8 Å². The second-order valence-corrected chi connectivity index (χ2v) is 5.59. The summed E-state index contributed by atoms with van der Waals surface area (Å²) in [5, 5.41) is 3.33. The number of rotatable bonds is 5. The zero-order chi connectivity index (χ0) is 14.5. The molecular weight excluding hydrogens is 316 g/mol. The van der Waals surface area contributed by atoms with E-state index in [9.17, 15) is 0 Å². The number of nitrogens with one attached hydrogen (secondary N) is 1. The Hall–Kier alpha value is -1.39. The molecule has 1 N–H and O–H groups in total. The van der Waals surface area contributed by atoms with Gasteiger partial charge in [-0.15, -0.1) is 0 Å². The predicted molar refractivity (Wildman–Crippen MR) is 85.2 cm³/mol. The fraction of sp³-hybridized carbons (Fsp3) is 0.312. The van der Waals surface area contributed by atoms with E-state index < -0.39 is 0 Å². The van der Waals surface area contributed by atoms with Crippen molar-refractivity contribution in [1.82, 2.24) is 10.3 Å². The van der Waals surface area contributed by atoms with E-state index in [0.717, 1.165) is 22.3 Å². The van der Waals surface area contributed by atoms with Crippen molar-refractivity contribution in [1.29, 1.82) is 0 Å². The Bertz CT molecular complexity index is 586. The number of hydrogen-bond donors (Lipinski definition) is 1. The van der Waals surface area contributed by atoms with Gasteiger partial charge in [-0.2, -0.15) is 0 Å². The molecular formula is C16H19BrN2O. The van der Waals surface area contributed by atoms with Crippen LogP contribution in [0.5, 0.6) is 5.75 Å². The van der Waals surface area contributed by atoms with Crippen LogP contribution >= 0.6 is 15.9 Å². The van der Waals surface area contributed by atoms with Gasteiger partial charge in [0.25, 0.3) is 0 Å². The first-order valence-electron chi connectivity index (χ1n) is 6.57. The van der Waals surface area contributed by atoms with E-state index in [1.54, 1.807) is 7.11 Å². The number of aromatic nitrogens is 1. The topological polar surface area (TPSA) is 34.1 Å². The average Bonchev–Trinajstić information content (AvgIpc) is 2.46. The van der Waals surface area contributed by atoms with Crippen molar-refractivity contribution in [2.24, 2.45) is 0 Å². The number of halogens is 1. The monoisotopic (exact) mass is 334 g/mol. The minimum atomic E-state index is 0.140. The van der Waals surface area contributed by atoms with Gasteiger partial charge in [0.2, 0.25) is 0 Å². The van der Waals surface area contributed by atoms with Crippen molar-refractivity contribution in [3.8, 4) is 5.75 Å². The summed E-state index contributed by atoms with van der Waals surface area (Å²) in [7, 11) is 3.66. The second-order valence-electron chi connectivity index (χ2n) is 4.73. The number of aryl methyl sites for hydroxylation is 1. The van der Waals surface area contributed by atoms with Crippen LogP contribution in [0, 0.1) is 6.92 Å². The van der Waals surface area contributed by atoms with Crippen molar-refractivity contribution in [3.63, 3.8) is 0 Å². The normalized spacial score (nSPS) is 12.2. The number of likely N-dealkylation sites (N-methyl/N-ethyl adjacent to an activating group) is 1. The maximum atomic E-state index is 5.45. The maximum absolute atomic E-state index is 5.45. The van der Waals surface area contributed by atoms with Crippen molar-refractivity contribution in [2.75, 3.05) is 14.2 Å². The first-order chi connectivity index (χ1) is 9.65. The molecule has 0 fully saturated rings. The summed E-state index contributed by atoms with van der Waals surface area (Å²) in [6.45, 7) is 2.09. The molecule has 2 aromatic rings. The third-order valence-electron chi connectivity index (χ3n) is 3.33. The molecule has 0 bridgehead atoms. The van der Waals surface area contributed by atoms with Crippen LogP contribution in [0.1, 0.15) is 22.9 Å². The molecule has 1 heterocycles. The van der Waals surface area contributed by atoms with E-state index in [2.05, 4.69) is 45.3 Å². The quantitative estimate of drug-likeness (QED) is 0.905. The minimum absolute atomic E-state index is 0.140. The lowest BCUT2D eigenvalue weighted by Gasteiger charge is -2.19. The molecule has 1 aromatic carbocycles. The predicted octanol–water partition coefficient (Wildman–Crippen LogP) is 3.66. The van der Waals surface area contributed by atoms with Gasteiger partial charge in [-0.05, 0) is 60.1 Å². The fourth-order valence-corrected chi connectivity index (χ4v) is 2.81. The highest BCUT2D eigenvalue weighted by Crippen LogP contribution is 2.28. The van der Waals surface area contributed by atoms with Gasteiger partial charge >= 0.3 is 0 Å². The van der Waals surface area contributed by atoms with Crippen molar-refractivity contribution in [2.45, 2.75) is 19.4 Å². The Morgan fingerprint density at radius 3 is 2.80 bits per heavy atom. The van der Waals surface area contributed by atoms with Crippen molar-refractivity contribution < 1.29 is 4.74 Å². The number of ether oxygens (including phenoxy) is 1. The molecule has 2 rings (SSSR count). The van der Waals surface area contributed by atoms with Crippen LogP contribution in [-0.2, 0) is 6.42 Å². The summed E-state index contributed by atoms with van der Waals surface area (Å²) in [5.41, 5.74) is 3.43. The highest BCUT2D eigenvalue weighted by atomic mass is 79.9. The van der Waals surface area contributed by atoms with Crippen molar-refractivity contribution >= 4 is 15.9 Å². The Morgan fingerprint density at radius 1 is 1.35 bits per heavy atom. The molecule has 3 nitrogen and oxygen atoms in total. The summed E-state index contributed by atoms with van der Waals surface area (Å²) in [4.78, 5) is 4.47. The van der Waals surface area contributed by atoms with Crippen LogP contribution in [0.3, 0.4) is 0 Å². The number of benzene rings is 1. The summed E-state index contributed by atoms with van der Waals surface area (Å²) in [5.74, 6) is 0.919. The standard InChI is InChI=1S/C16H19BrN2O/c1-11-6-7-15(20-3)12(9-11)10-14(18-2)16-13(17)5-4-8-19-16/h4-9,14,18H,10H2,1-3H3. The number of nitrogens with zero attached hydrogens (tertiary/aromatic N) is 1. The lowest BCUT2D eigenvalue weighted by atomic mass is 10.0. The zero-order valence-corrected chi connectivity index (χ0v) is 13.6. The molecule has 1 aromatic heterocycles. The lowest BCUT2D eigenvalue weighted by molar-refractivity contribution is 0.406. The summed E-state index contributed by atoms with van der Waals surface area (Å²) >= 11 is 3.57. The van der Waals surface area contributed by atoms with Crippen LogP contribution in [0.25, 0.3) is 0 Å². The van der Waals surface area contributed by atoms with Gasteiger partial charge in [0.15, 0.2) is 0 Å². The van der Waals surface area contributed by atoms with Crippen LogP contribution < -0.4 is 10.1 Å². The van der Waals surface area contributed by atoms with Crippen LogP contribution in [0.2, 0.25) is 0 Å². The molecule has 0 aliphatic heterocycles. The Morgan fingerprint density at radius 2 is 2.15 bits per heavy atom. The highest BCUT2D eigenvalue weighted by Gasteiger charge is 2.16. The molecule has 1 unspecified atom stereocenters. The van der Waals surface area contributed by atoms with E-state index in [0.29, 0.717) is 0 Å². The smallest absolute Gasteiger partial charge is 0.122 e. The SMILES string of the molecule is CNC(Cc1cc(C)ccc1OC)c1ncccc1Br. The Labute approximate surface area is 128 Å². The summed E-state index contributed by atoms with van der Waals surface area (Å²) in [6, 6.07) is 10.3. The minimum Gasteiger partial charge on any atom is -0.496 e. The van der Waals surface area contributed by atoms with Gasteiger partial charge in [0, 0.05) is 10.7 Å². The molecule has 20 heavy (non-hydrogen) atoms. The fourth-order valence-electron chi connectivity index (χ4n) is 2.28. The van der Waals surface area contributed by atoms with Crippen LogP contribution in [0.4, 0.5) is 0 Å². The molecule has 0 aliphatic carbocycles. The van der Waals surface area contributed by atoms with E-state index in [1.165, 1.54) is 11.1 Å². The van der Waals surface area contributed by atoms with Crippen LogP contribution in [0.15, 0.2) is 41.0 Å². The van der Waals surface area contributed by atoms with E-state index in [4.69, 9.17) is 4.74 Å². The van der Waals surface area contributed by atoms with Crippen molar-refractivity contribution in [3.05, 3.63) is 57.8 Å². The second kappa shape index (κ2) is 6.86. The average molecular weight is 335 g/mol. The Balaban J connectivity index is 2.31. The van der Waals surface area contributed by atoms with Gasteiger partial charge < -0.3 is 10.1 Å². The first kappa shape index (κ1) is 15.0. The molecule has 1 atom stereocenters. The van der Waals surface area contributed by atoms with Gasteiger partial charge in [0.1, 0.15) is 5.75 Å². The maximum Gasteiger partial charge on any atom is 0.122 e. The largest absolute Gasteiger partial charge is 0.496 e. The number of pyridine rings is 1. The lowest BCUT2D eigenvalue weighted by Crippen LogP contribution is -2.20.